The lowest BCUT2D eigenvalue weighted by Crippen LogP contribution is -2.41. The number of rotatable bonds is 7. The Labute approximate surface area is 106 Å². The van der Waals surface area contributed by atoms with E-state index in [0.717, 1.165) is 6.54 Å². The fourth-order valence-electron chi connectivity index (χ4n) is 2.42. The summed E-state index contributed by atoms with van der Waals surface area (Å²) in [6, 6.07) is 0. The fraction of sp³-hybridized carbons (Fsp3) is 1.00. The van der Waals surface area contributed by atoms with Crippen molar-refractivity contribution in [1.29, 1.82) is 0 Å². The third-order valence-electron chi connectivity index (χ3n) is 3.61. The van der Waals surface area contributed by atoms with Gasteiger partial charge < -0.3 is 5.32 Å². The largest absolute Gasteiger partial charge is 0.316 e. The molecule has 0 saturated heterocycles. The van der Waals surface area contributed by atoms with Crippen LogP contribution in [0.1, 0.15) is 39.5 Å². The molecule has 1 aliphatic rings. The van der Waals surface area contributed by atoms with E-state index in [-0.39, 0.29) is 5.25 Å². The molecular weight excluding hydrogens is 236 g/mol. The van der Waals surface area contributed by atoms with Crippen LogP contribution in [0.2, 0.25) is 0 Å². The Kier molecular flexibility index (Phi) is 5.89. The van der Waals surface area contributed by atoms with E-state index in [2.05, 4.69) is 5.32 Å². The molecule has 0 amide bonds. The van der Waals surface area contributed by atoms with E-state index < -0.39 is 10.0 Å². The number of hydrogen-bond donors (Lipinski definition) is 1. The second-order valence-electron chi connectivity index (χ2n) is 5.09. The highest BCUT2D eigenvalue weighted by Crippen LogP contribution is 2.26. The number of nitrogens with one attached hydrogen (secondary N) is 1. The molecule has 1 atom stereocenters. The molecule has 1 rings (SSSR count). The van der Waals surface area contributed by atoms with Gasteiger partial charge in [0.05, 0.1) is 5.25 Å². The molecule has 1 fully saturated rings. The van der Waals surface area contributed by atoms with E-state index in [9.17, 15) is 8.42 Å². The average Bonchev–Trinajstić information content (AvgIpc) is 2.78. The van der Waals surface area contributed by atoms with Gasteiger partial charge in [0.15, 0.2) is 0 Å². The van der Waals surface area contributed by atoms with Crippen molar-refractivity contribution in [1.82, 2.24) is 9.62 Å². The van der Waals surface area contributed by atoms with Gasteiger partial charge in [-0.15, -0.1) is 0 Å². The Balaban J connectivity index is 2.49. The standard InChI is InChI=1S/C12H26N2O2S/c1-4-13-9-11(2)17(15,16)14(3)10-12-7-5-6-8-12/h11-13H,4-10H2,1-3H3. The summed E-state index contributed by atoms with van der Waals surface area (Å²) < 4.78 is 26.0. The molecular formula is C12H26N2O2S. The predicted molar refractivity (Wildman–Crippen MR) is 71.5 cm³/mol. The predicted octanol–water partition coefficient (Wildman–Crippen LogP) is 1.44. The number of nitrogens with zero attached hydrogens (tertiary/aromatic N) is 1. The normalized spacial score (nSPS) is 20.0. The van der Waals surface area contributed by atoms with Gasteiger partial charge >= 0.3 is 0 Å². The van der Waals surface area contributed by atoms with E-state index in [1.54, 1.807) is 18.3 Å². The first kappa shape index (κ1) is 14.9. The second kappa shape index (κ2) is 6.71. The van der Waals surface area contributed by atoms with Gasteiger partial charge in [0.25, 0.3) is 0 Å². The van der Waals surface area contributed by atoms with Crippen LogP contribution in [0.15, 0.2) is 0 Å². The summed E-state index contributed by atoms with van der Waals surface area (Å²) in [6.07, 6.45) is 4.87. The van der Waals surface area contributed by atoms with Gasteiger partial charge in [0, 0.05) is 20.1 Å². The number of sulfonamides is 1. The molecule has 1 N–H and O–H groups in total. The van der Waals surface area contributed by atoms with Gasteiger partial charge in [-0.3, -0.25) is 0 Å². The van der Waals surface area contributed by atoms with E-state index in [1.165, 1.54) is 25.7 Å². The third kappa shape index (κ3) is 4.23. The van der Waals surface area contributed by atoms with Crippen molar-refractivity contribution in [2.45, 2.75) is 44.8 Å². The smallest absolute Gasteiger partial charge is 0.217 e. The van der Waals surface area contributed by atoms with Crippen molar-refractivity contribution < 1.29 is 8.42 Å². The van der Waals surface area contributed by atoms with Gasteiger partial charge in [0.2, 0.25) is 10.0 Å². The van der Waals surface area contributed by atoms with Crippen molar-refractivity contribution in [2.24, 2.45) is 5.92 Å². The summed E-state index contributed by atoms with van der Waals surface area (Å²) >= 11 is 0. The van der Waals surface area contributed by atoms with Crippen LogP contribution < -0.4 is 5.32 Å². The topological polar surface area (TPSA) is 49.4 Å². The molecule has 0 aromatic rings. The first-order chi connectivity index (χ1) is 7.98. The molecule has 5 heteroatoms. The third-order valence-corrected chi connectivity index (χ3v) is 5.82. The average molecular weight is 262 g/mol. The van der Waals surface area contributed by atoms with Crippen LogP contribution in [0.5, 0.6) is 0 Å². The van der Waals surface area contributed by atoms with Crippen molar-refractivity contribution in [3.63, 3.8) is 0 Å². The molecule has 0 aliphatic heterocycles. The molecule has 0 aromatic carbocycles. The first-order valence-corrected chi connectivity index (χ1v) is 8.14. The van der Waals surface area contributed by atoms with E-state index in [1.807, 2.05) is 6.92 Å². The molecule has 0 bridgehead atoms. The van der Waals surface area contributed by atoms with Gasteiger partial charge in [-0.2, -0.15) is 0 Å². The van der Waals surface area contributed by atoms with Crippen LogP contribution in [0.4, 0.5) is 0 Å². The van der Waals surface area contributed by atoms with Gasteiger partial charge in [0.1, 0.15) is 0 Å². The minimum atomic E-state index is -3.13. The quantitative estimate of drug-likeness (QED) is 0.755. The molecule has 1 aliphatic carbocycles. The van der Waals surface area contributed by atoms with Crippen LogP contribution in [0.3, 0.4) is 0 Å². The molecule has 0 radical (unpaired) electrons. The molecule has 17 heavy (non-hydrogen) atoms. The maximum Gasteiger partial charge on any atom is 0.217 e. The Hall–Kier alpha value is -0.130. The summed E-state index contributed by atoms with van der Waals surface area (Å²) in [6.45, 7) is 5.81. The van der Waals surface area contributed by atoms with Crippen LogP contribution in [0, 0.1) is 5.92 Å². The van der Waals surface area contributed by atoms with Crippen molar-refractivity contribution in [2.75, 3.05) is 26.7 Å². The molecule has 0 heterocycles. The molecule has 0 aromatic heterocycles. The molecule has 102 valence electrons. The molecule has 0 spiro atoms. The minimum Gasteiger partial charge on any atom is -0.316 e. The van der Waals surface area contributed by atoms with Gasteiger partial charge in [-0.05, 0) is 32.2 Å². The van der Waals surface area contributed by atoms with E-state index in [0.29, 0.717) is 19.0 Å². The number of hydrogen-bond acceptors (Lipinski definition) is 3. The summed E-state index contributed by atoms with van der Waals surface area (Å²) in [5.74, 6) is 0.570. The summed E-state index contributed by atoms with van der Waals surface area (Å²) in [4.78, 5) is 0. The molecule has 1 saturated carbocycles. The van der Waals surface area contributed by atoms with Crippen molar-refractivity contribution in [3.8, 4) is 0 Å². The van der Waals surface area contributed by atoms with E-state index in [4.69, 9.17) is 0 Å². The highest BCUT2D eigenvalue weighted by Gasteiger charge is 2.28. The van der Waals surface area contributed by atoms with Crippen LogP contribution in [-0.4, -0.2) is 44.7 Å². The second-order valence-corrected chi connectivity index (χ2v) is 7.55. The fourth-order valence-corrected chi connectivity index (χ4v) is 3.78. The zero-order valence-electron chi connectivity index (χ0n) is 11.3. The Morgan fingerprint density at radius 1 is 1.35 bits per heavy atom. The van der Waals surface area contributed by atoms with Gasteiger partial charge in [-0.1, -0.05) is 19.8 Å². The minimum absolute atomic E-state index is 0.339. The van der Waals surface area contributed by atoms with Crippen LogP contribution in [-0.2, 0) is 10.0 Å². The zero-order valence-corrected chi connectivity index (χ0v) is 12.1. The highest BCUT2D eigenvalue weighted by atomic mass is 32.2. The lowest BCUT2D eigenvalue weighted by molar-refractivity contribution is 0.382. The van der Waals surface area contributed by atoms with Crippen LogP contribution in [0.25, 0.3) is 0 Å². The zero-order chi connectivity index (χ0) is 12.9. The Morgan fingerprint density at radius 3 is 2.47 bits per heavy atom. The lowest BCUT2D eigenvalue weighted by atomic mass is 10.1. The Morgan fingerprint density at radius 2 is 1.94 bits per heavy atom. The summed E-state index contributed by atoms with van der Waals surface area (Å²) in [5, 5.41) is 2.76. The Bertz CT molecular complexity index is 310. The van der Waals surface area contributed by atoms with Crippen molar-refractivity contribution in [3.05, 3.63) is 0 Å². The maximum absolute atomic E-state index is 12.2. The SMILES string of the molecule is CCNCC(C)S(=O)(=O)N(C)CC1CCCC1. The van der Waals surface area contributed by atoms with E-state index >= 15 is 0 Å². The summed E-state index contributed by atoms with van der Waals surface area (Å²) in [7, 11) is -1.41. The lowest BCUT2D eigenvalue weighted by Gasteiger charge is -2.24. The van der Waals surface area contributed by atoms with Crippen LogP contribution >= 0.6 is 0 Å². The first-order valence-electron chi connectivity index (χ1n) is 6.64. The maximum atomic E-state index is 12.2. The van der Waals surface area contributed by atoms with Gasteiger partial charge in [-0.25, -0.2) is 12.7 Å². The highest BCUT2D eigenvalue weighted by molar-refractivity contribution is 7.89. The monoisotopic (exact) mass is 262 g/mol. The summed E-state index contributed by atoms with van der Waals surface area (Å²) in [5.41, 5.74) is 0. The molecule has 1 unspecified atom stereocenters. The molecule has 4 nitrogen and oxygen atoms in total. The van der Waals surface area contributed by atoms with Crippen molar-refractivity contribution >= 4 is 10.0 Å².